The van der Waals surface area contributed by atoms with Crippen molar-refractivity contribution < 1.29 is 8.78 Å². The molecular formula is C24H21ClF2N4. The lowest BCUT2D eigenvalue weighted by molar-refractivity contribution is 0.571. The molecule has 0 spiro atoms. The summed E-state index contributed by atoms with van der Waals surface area (Å²) in [4.78, 5) is 1.56. The molecule has 1 heterocycles. The lowest BCUT2D eigenvalue weighted by Gasteiger charge is -2.05. The molecule has 4 nitrogen and oxygen atoms in total. The minimum Gasteiger partial charge on any atom is -0.311 e. The third-order valence-electron chi connectivity index (χ3n) is 4.92. The number of aromatic nitrogens is 3. The Morgan fingerprint density at radius 2 is 1.65 bits per heavy atom. The highest BCUT2D eigenvalue weighted by Crippen LogP contribution is 2.22. The molecule has 1 N–H and O–H groups in total. The van der Waals surface area contributed by atoms with Gasteiger partial charge in [0, 0.05) is 17.1 Å². The maximum absolute atomic E-state index is 13.8. The molecule has 3 aromatic carbocycles. The van der Waals surface area contributed by atoms with Crippen LogP contribution in [-0.2, 0) is 19.5 Å². The average molecular weight is 439 g/mol. The lowest BCUT2D eigenvalue weighted by atomic mass is 10.1. The van der Waals surface area contributed by atoms with Crippen LogP contribution in [-0.4, -0.2) is 21.5 Å². The maximum atomic E-state index is 13.8. The van der Waals surface area contributed by atoms with Gasteiger partial charge in [-0.15, -0.1) is 0 Å². The van der Waals surface area contributed by atoms with Gasteiger partial charge in [-0.25, -0.2) is 8.78 Å². The predicted molar refractivity (Wildman–Crippen MR) is 118 cm³/mol. The summed E-state index contributed by atoms with van der Waals surface area (Å²) in [5, 5.41) is 12.9. The van der Waals surface area contributed by atoms with Gasteiger partial charge in [-0.2, -0.15) is 15.0 Å². The first-order valence-corrected chi connectivity index (χ1v) is 10.4. The fourth-order valence-electron chi connectivity index (χ4n) is 3.33. The first-order chi connectivity index (χ1) is 15.1. The third-order valence-corrected chi connectivity index (χ3v) is 5.27. The van der Waals surface area contributed by atoms with Crippen molar-refractivity contribution in [3.63, 3.8) is 0 Å². The molecule has 4 aromatic rings. The fraction of sp³-hybridized carbons (Fsp3) is 0.167. The van der Waals surface area contributed by atoms with Gasteiger partial charge in [0.2, 0.25) is 0 Å². The van der Waals surface area contributed by atoms with Crippen molar-refractivity contribution in [3.05, 3.63) is 106 Å². The first-order valence-electron chi connectivity index (χ1n) is 9.97. The van der Waals surface area contributed by atoms with E-state index in [9.17, 15) is 8.78 Å². The highest BCUT2D eigenvalue weighted by molar-refractivity contribution is 6.31. The second-order valence-corrected chi connectivity index (χ2v) is 7.55. The first kappa shape index (κ1) is 21.2. The normalized spacial score (nSPS) is 11.1. The minimum absolute atomic E-state index is 0.198. The molecule has 158 valence electrons. The van der Waals surface area contributed by atoms with E-state index < -0.39 is 0 Å². The summed E-state index contributed by atoms with van der Waals surface area (Å²) in [5.41, 5.74) is 3.89. The second kappa shape index (κ2) is 9.81. The summed E-state index contributed by atoms with van der Waals surface area (Å²) < 4.78 is 27.1. The van der Waals surface area contributed by atoms with E-state index >= 15 is 0 Å². The van der Waals surface area contributed by atoms with Gasteiger partial charge in [0.1, 0.15) is 23.0 Å². The van der Waals surface area contributed by atoms with E-state index in [4.69, 9.17) is 11.6 Å². The molecule has 0 aliphatic carbocycles. The Morgan fingerprint density at radius 1 is 0.871 bits per heavy atom. The van der Waals surface area contributed by atoms with Crippen molar-refractivity contribution >= 4 is 11.6 Å². The van der Waals surface area contributed by atoms with E-state index in [-0.39, 0.29) is 11.6 Å². The Hall–Kier alpha value is -3.09. The number of rotatable bonds is 8. The molecule has 0 fully saturated rings. The number of hydrogen-bond donors (Lipinski definition) is 1. The summed E-state index contributed by atoms with van der Waals surface area (Å²) in [5.74, 6) is -0.580. The Morgan fingerprint density at radius 3 is 2.42 bits per heavy atom. The molecule has 0 saturated heterocycles. The topological polar surface area (TPSA) is 42.7 Å². The van der Waals surface area contributed by atoms with Crippen LogP contribution in [0, 0.1) is 11.6 Å². The molecule has 0 aliphatic rings. The Bertz CT molecular complexity index is 1160. The van der Waals surface area contributed by atoms with Crippen LogP contribution in [0.3, 0.4) is 0 Å². The zero-order chi connectivity index (χ0) is 21.6. The number of hydrogen-bond acceptors (Lipinski definition) is 3. The predicted octanol–water partition coefficient (Wildman–Crippen LogP) is 5.26. The van der Waals surface area contributed by atoms with Gasteiger partial charge in [0.25, 0.3) is 0 Å². The molecule has 0 saturated carbocycles. The molecule has 0 unspecified atom stereocenters. The highest BCUT2D eigenvalue weighted by Gasteiger charge is 2.14. The maximum Gasteiger partial charge on any atom is 0.126 e. The highest BCUT2D eigenvalue weighted by atomic mass is 35.5. The van der Waals surface area contributed by atoms with E-state index in [1.165, 1.54) is 18.2 Å². The van der Waals surface area contributed by atoms with Crippen LogP contribution in [0.4, 0.5) is 8.78 Å². The summed E-state index contributed by atoms with van der Waals surface area (Å²) in [6.07, 6.45) is 0.576. The number of nitrogens with one attached hydrogen (secondary N) is 1. The van der Waals surface area contributed by atoms with Gasteiger partial charge in [0.05, 0.1) is 6.54 Å². The molecule has 0 aliphatic heterocycles. The van der Waals surface area contributed by atoms with Gasteiger partial charge in [-0.1, -0.05) is 66.2 Å². The van der Waals surface area contributed by atoms with Crippen LogP contribution in [0.15, 0.2) is 72.8 Å². The molecule has 0 amide bonds. The number of benzene rings is 3. The van der Waals surface area contributed by atoms with E-state index in [1.54, 1.807) is 23.0 Å². The van der Waals surface area contributed by atoms with Gasteiger partial charge in [-0.3, -0.25) is 0 Å². The largest absolute Gasteiger partial charge is 0.311 e. The fourth-order valence-corrected chi connectivity index (χ4v) is 3.55. The molecule has 0 radical (unpaired) electrons. The second-order valence-electron chi connectivity index (χ2n) is 7.15. The van der Waals surface area contributed by atoms with Gasteiger partial charge >= 0.3 is 0 Å². The smallest absolute Gasteiger partial charge is 0.126 e. The van der Waals surface area contributed by atoms with Crippen LogP contribution in [0.1, 0.15) is 16.8 Å². The molecule has 0 bridgehead atoms. The molecule has 31 heavy (non-hydrogen) atoms. The van der Waals surface area contributed by atoms with Crippen molar-refractivity contribution in [1.82, 2.24) is 20.3 Å². The van der Waals surface area contributed by atoms with E-state index in [2.05, 4.69) is 15.5 Å². The molecule has 7 heteroatoms. The molecule has 1 aromatic heterocycles. The lowest BCUT2D eigenvalue weighted by Crippen LogP contribution is -2.18. The van der Waals surface area contributed by atoms with Crippen LogP contribution in [0.25, 0.3) is 11.3 Å². The monoisotopic (exact) mass is 438 g/mol. The summed E-state index contributed by atoms with van der Waals surface area (Å²) in [6.45, 7) is 1.41. The Kier molecular flexibility index (Phi) is 6.70. The molecule has 4 rings (SSSR count). The Labute approximate surface area is 184 Å². The summed E-state index contributed by atoms with van der Waals surface area (Å²) >= 11 is 6.16. The summed E-state index contributed by atoms with van der Waals surface area (Å²) in [6, 6.07) is 20.8. The van der Waals surface area contributed by atoms with E-state index in [1.807, 2.05) is 36.4 Å². The number of nitrogens with zero attached hydrogens (tertiary/aromatic N) is 3. The van der Waals surface area contributed by atoms with Crippen LogP contribution in [0.5, 0.6) is 0 Å². The zero-order valence-corrected chi connectivity index (χ0v) is 17.5. The van der Waals surface area contributed by atoms with E-state index in [0.29, 0.717) is 36.6 Å². The summed E-state index contributed by atoms with van der Waals surface area (Å²) in [7, 11) is 0. The zero-order valence-electron chi connectivity index (χ0n) is 16.7. The van der Waals surface area contributed by atoms with Crippen molar-refractivity contribution in [3.8, 4) is 11.3 Å². The SMILES string of the molecule is Fc1ccc(Cn2nc(CNCCc3ccccc3F)c(-c3ccccc3)n2)c(Cl)c1. The molecular weight excluding hydrogens is 418 g/mol. The van der Waals surface area contributed by atoms with Gasteiger partial charge in [0.15, 0.2) is 0 Å². The van der Waals surface area contributed by atoms with Crippen LogP contribution >= 0.6 is 11.6 Å². The van der Waals surface area contributed by atoms with Crippen molar-refractivity contribution in [2.75, 3.05) is 6.54 Å². The quantitative estimate of drug-likeness (QED) is 0.382. The van der Waals surface area contributed by atoms with Crippen molar-refractivity contribution in [2.45, 2.75) is 19.5 Å². The van der Waals surface area contributed by atoms with Gasteiger partial charge in [-0.05, 0) is 42.3 Å². The van der Waals surface area contributed by atoms with Crippen LogP contribution in [0.2, 0.25) is 5.02 Å². The standard InChI is InChI=1S/C24H21ClF2N4/c25-21-14-20(26)11-10-19(21)16-31-29-23(24(30-31)18-7-2-1-3-8-18)15-28-13-12-17-6-4-5-9-22(17)27/h1-11,14,28H,12-13,15-16H2. The third kappa shape index (κ3) is 5.34. The minimum atomic E-state index is -0.383. The Balaban J connectivity index is 1.50. The average Bonchev–Trinajstić information content (AvgIpc) is 3.18. The van der Waals surface area contributed by atoms with Crippen LogP contribution < -0.4 is 5.32 Å². The van der Waals surface area contributed by atoms with Crippen molar-refractivity contribution in [1.29, 1.82) is 0 Å². The number of halogens is 3. The molecule has 0 atom stereocenters. The van der Waals surface area contributed by atoms with E-state index in [0.717, 1.165) is 22.5 Å². The van der Waals surface area contributed by atoms with Crippen molar-refractivity contribution in [2.24, 2.45) is 0 Å². The van der Waals surface area contributed by atoms with Gasteiger partial charge < -0.3 is 5.32 Å².